The molecule has 3 amide bonds. The Hall–Kier alpha value is -3.30. The molecular weight excluding hydrogens is 442 g/mol. The first-order valence-electron chi connectivity index (χ1n) is 11.3. The molecule has 0 heterocycles. The van der Waals surface area contributed by atoms with E-state index in [-0.39, 0.29) is 36.8 Å². The van der Waals surface area contributed by atoms with E-state index in [0.717, 1.165) is 4.90 Å². The van der Waals surface area contributed by atoms with Crippen LogP contribution in [0.15, 0.2) is 24.3 Å². The summed E-state index contributed by atoms with van der Waals surface area (Å²) in [6, 6.07) is 3.96. The van der Waals surface area contributed by atoms with E-state index in [0.29, 0.717) is 0 Å². The Morgan fingerprint density at radius 2 is 1.74 bits per heavy atom. The normalized spacial score (nSPS) is 12.9. The van der Waals surface area contributed by atoms with Crippen molar-refractivity contribution in [3.63, 3.8) is 0 Å². The summed E-state index contributed by atoms with van der Waals surface area (Å²) in [6.45, 7) is 10.5. The van der Waals surface area contributed by atoms with Crippen LogP contribution in [0.4, 0.5) is 4.79 Å². The first-order chi connectivity index (χ1) is 15.8. The van der Waals surface area contributed by atoms with Gasteiger partial charge in [0, 0.05) is 19.2 Å². The highest BCUT2D eigenvalue weighted by Crippen LogP contribution is 2.29. The molecular formula is C24H37N3O7. The number of carbonyl (C=O) groups is 4. The smallest absolute Gasteiger partial charge is 0.408 e. The number of nitrogens with zero attached hydrogens (tertiary/aromatic N) is 1. The van der Waals surface area contributed by atoms with Gasteiger partial charge in [0.2, 0.25) is 11.8 Å². The lowest BCUT2D eigenvalue weighted by Gasteiger charge is -2.33. The van der Waals surface area contributed by atoms with Gasteiger partial charge in [-0.25, -0.2) is 4.79 Å². The lowest BCUT2D eigenvalue weighted by Crippen LogP contribution is -2.53. The highest BCUT2D eigenvalue weighted by Gasteiger charge is 2.36. The zero-order chi connectivity index (χ0) is 26.1. The van der Waals surface area contributed by atoms with Crippen molar-refractivity contribution in [2.24, 2.45) is 5.92 Å². The number of para-hydroxylation sites is 1. The van der Waals surface area contributed by atoms with E-state index in [1.807, 2.05) is 0 Å². The van der Waals surface area contributed by atoms with Gasteiger partial charge in [0.05, 0.1) is 13.0 Å². The highest BCUT2D eigenvalue weighted by atomic mass is 16.6. The minimum Gasteiger partial charge on any atom is -0.508 e. The molecule has 1 rings (SSSR count). The van der Waals surface area contributed by atoms with Crippen molar-refractivity contribution in [1.29, 1.82) is 0 Å². The van der Waals surface area contributed by atoms with Crippen molar-refractivity contribution in [2.45, 2.75) is 65.6 Å². The summed E-state index contributed by atoms with van der Waals surface area (Å²) in [5.74, 6) is -2.10. The van der Waals surface area contributed by atoms with Gasteiger partial charge in [0.1, 0.15) is 23.4 Å². The zero-order valence-electron chi connectivity index (χ0n) is 21.0. The van der Waals surface area contributed by atoms with Gasteiger partial charge in [-0.2, -0.15) is 0 Å². The number of aromatic hydroxyl groups is 1. The number of nitrogens with one attached hydrogen (secondary N) is 2. The van der Waals surface area contributed by atoms with E-state index in [4.69, 9.17) is 9.47 Å². The first-order valence-corrected chi connectivity index (χ1v) is 11.3. The first kappa shape index (κ1) is 28.7. The van der Waals surface area contributed by atoms with Crippen LogP contribution in [-0.2, 0) is 23.9 Å². The van der Waals surface area contributed by atoms with Crippen LogP contribution in [0.2, 0.25) is 0 Å². The maximum atomic E-state index is 13.4. The Morgan fingerprint density at radius 3 is 2.26 bits per heavy atom. The number of likely N-dealkylation sites (N-methyl/N-ethyl adjacent to an activating group) is 1. The second kappa shape index (κ2) is 12.8. The van der Waals surface area contributed by atoms with Crippen molar-refractivity contribution in [2.75, 3.05) is 20.2 Å². The molecule has 10 heteroatoms. The third kappa shape index (κ3) is 8.92. The molecule has 0 spiro atoms. The summed E-state index contributed by atoms with van der Waals surface area (Å²) in [7, 11) is 1.41. The fourth-order valence-corrected chi connectivity index (χ4v) is 3.16. The topological polar surface area (TPSA) is 134 Å². The van der Waals surface area contributed by atoms with Gasteiger partial charge in [-0.1, -0.05) is 32.0 Å². The summed E-state index contributed by atoms with van der Waals surface area (Å²) in [5, 5.41) is 15.6. The van der Waals surface area contributed by atoms with Gasteiger partial charge in [0.15, 0.2) is 0 Å². The van der Waals surface area contributed by atoms with Crippen molar-refractivity contribution in [3.05, 3.63) is 29.8 Å². The van der Waals surface area contributed by atoms with Gasteiger partial charge < -0.3 is 30.1 Å². The van der Waals surface area contributed by atoms with Gasteiger partial charge in [-0.15, -0.1) is 0 Å². The molecule has 0 saturated carbocycles. The molecule has 34 heavy (non-hydrogen) atoms. The molecule has 190 valence electrons. The summed E-state index contributed by atoms with van der Waals surface area (Å²) >= 11 is 0. The summed E-state index contributed by atoms with van der Waals surface area (Å²) < 4.78 is 10.1. The molecule has 2 atom stereocenters. The Labute approximate surface area is 201 Å². The monoisotopic (exact) mass is 479 g/mol. The molecule has 1 aromatic carbocycles. The lowest BCUT2D eigenvalue weighted by atomic mass is 9.99. The SMILES string of the molecule is CCOC(=O)CCNC(=O)C(c1ccccc1O)N(C)C(=O)C(NC(=O)OC(C)(C)C)C(C)C. The average Bonchev–Trinajstić information content (AvgIpc) is 2.71. The number of amides is 3. The molecule has 0 aliphatic carbocycles. The molecule has 0 aliphatic rings. The second-order valence-corrected chi connectivity index (χ2v) is 9.12. The molecule has 0 aromatic heterocycles. The van der Waals surface area contributed by atoms with Crippen molar-refractivity contribution < 1.29 is 33.8 Å². The number of esters is 1. The predicted molar refractivity (Wildman–Crippen MR) is 126 cm³/mol. The lowest BCUT2D eigenvalue weighted by molar-refractivity contribution is -0.144. The Bertz CT molecular complexity index is 864. The molecule has 3 N–H and O–H groups in total. The molecule has 2 unspecified atom stereocenters. The van der Waals surface area contributed by atoms with E-state index in [2.05, 4.69) is 10.6 Å². The number of carbonyl (C=O) groups excluding carboxylic acids is 4. The van der Waals surface area contributed by atoms with Crippen LogP contribution in [0.25, 0.3) is 0 Å². The molecule has 0 bridgehead atoms. The van der Waals surface area contributed by atoms with Crippen LogP contribution >= 0.6 is 0 Å². The summed E-state index contributed by atoms with van der Waals surface area (Å²) in [5.41, 5.74) is -0.552. The van der Waals surface area contributed by atoms with Gasteiger partial charge in [-0.05, 0) is 39.7 Å². The minimum atomic E-state index is -1.21. The molecule has 0 fully saturated rings. The van der Waals surface area contributed by atoms with Crippen molar-refractivity contribution in [3.8, 4) is 5.75 Å². The van der Waals surface area contributed by atoms with Gasteiger partial charge in [0.25, 0.3) is 0 Å². The fourth-order valence-electron chi connectivity index (χ4n) is 3.16. The number of hydrogen-bond acceptors (Lipinski definition) is 7. The Kier molecular flexibility index (Phi) is 10.8. The van der Waals surface area contributed by atoms with Crippen LogP contribution < -0.4 is 10.6 Å². The summed E-state index contributed by atoms with van der Waals surface area (Å²) in [6.07, 6.45) is -0.800. The number of phenols is 1. The predicted octanol–water partition coefficient (Wildman–Crippen LogP) is 2.51. The van der Waals surface area contributed by atoms with Crippen LogP contribution in [-0.4, -0.2) is 65.7 Å². The van der Waals surface area contributed by atoms with E-state index >= 15 is 0 Å². The van der Waals surface area contributed by atoms with Gasteiger partial charge >= 0.3 is 12.1 Å². The van der Waals surface area contributed by atoms with Crippen LogP contribution in [0.3, 0.4) is 0 Å². The minimum absolute atomic E-state index is 0.00639. The Morgan fingerprint density at radius 1 is 1.12 bits per heavy atom. The zero-order valence-corrected chi connectivity index (χ0v) is 21.0. The highest BCUT2D eigenvalue weighted by molar-refractivity contribution is 5.92. The number of phenolic OH excluding ortho intramolecular Hbond substituents is 1. The maximum absolute atomic E-state index is 13.4. The van der Waals surface area contributed by atoms with E-state index in [1.54, 1.807) is 53.7 Å². The van der Waals surface area contributed by atoms with E-state index in [9.17, 15) is 24.3 Å². The number of hydrogen-bond donors (Lipinski definition) is 3. The quantitative estimate of drug-likeness (QED) is 0.439. The third-order valence-electron chi connectivity index (χ3n) is 4.75. The standard InChI is InChI=1S/C24H37N3O7/c1-8-33-18(29)13-14-25-21(30)20(16-11-9-10-12-17(16)28)27(7)22(31)19(15(2)3)26-23(32)34-24(4,5)6/h9-12,15,19-20,28H,8,13-14H2,1-7H3,(H,25,30)(H,26,32). The third-order valence-corrected chi connectivity index (χ3v) is 4.75. The fraction of sp³-hybridized carbons (Fsp3) is 0.583. The largest absolute Gasteiger partial charge is 0.508 e. The summed E-state index contributed by atoms with van der Waals surface area (Å²) in [4.78, 5) is 51.6. The van der Waals surface area contributed by atoms with Crippen LogP contribution in [0.1, 0.15) is 59.6 Å². The molecule has 0 saturated heterocycles. The van der Waals surface area contributed by atoms with E-state index in [1.165, 1.54) is 19.2 Å². The van der Waals surface area contributed by atoms with Crippen LogP contribution in [0.5, 0.6) is 5.75 Å². The van der Waals surface area contributed by atoms with Gasteiger partial charge in [-0.3, -0.25) is 14.4 Å². The maximum Gasteiger partial charge on any atom is 0.408 e. The Balaban J connectivity index is 3.15. The number of alkyl carbamates (subject to hydrolysis) is 1. The van der Waals surface area contributed by atoms with Crippen molar-refractivity contribution >= 4 is 23.9 Å². The molecule has 10 nitrogen and oxygen atoms in total. The van der Waals surface area contributed by atoms with E-state index < -0.39 is 41.6 Å². The molecule has 1 aromatic rings. The number of benzene rings is 1. The molecule has 0 radical (unpaired) electrons. The molecule has 0 aliphatic heterocycles. The second-order valence-electron chi connectivity index (χ2n) is 9.12. The number of rotatable bonds is 10. The van der Waals surface area contributed by atoms with Crippen molar-refractivity contribution in [1.82, 2.24) is 15.5 Å². The van der Waals surface area contributed by atoms with Crippen LogP contribution in [0, 0.1) is 5.92 Å². The number of ether oxygens (including phenoxy) is 2. The average molecular weight is 480 g/mol.